The molecule has 0 aromatic rings. The van der Waals surface area contributed by atoms with Gasteiger partial charge in [0.25, 0.3) is 0 Å². The molecule has 0 aliphatic heterocycles. The van der Waals surface area contributed by atoms with E-state index in [1.54, 1.807) is 20.8 Å². The molecule has 25 heavy (non-hydrogen) atoms. The Labute approximate surface area is 168 Å². The van der Waals surface area contributed by atoms with Gasteiger partial charge in [-0.2, -0.15) is 0 Å². The van der Waals surface area contributed by atoms with E-state index in [0.29, 0.717) is 0 Å². The fourth-order valence-electron chi connectivity index (χ4n) is 2.19. The van der Waals surface area contributed by atoms with Crippen LogP contribution in [0.5, 0.6) is 0 Å². The number of hydrogen-bond donors (Lipinski definition) is 0. The van der Waals surface area contributed by atoms with Gasteiger partial charge in [0.2, 0.25) is 0 Å². The summed E-state index contributed by atoms with van der Waals surface area (Å²) in [5.74, 6) is -2.17. The van der Waals surface area contributed by atoms with E-state index >= 15 is 0 Å². The first-order valence-corrected chi connectivity index (χ1v) is 15.4. The minimum absolute atomic E-state index is 0.130. The first kappa shape index (κ1) is 29.6. The molecule has 0 heterocycles. The van der Waals surface area contributed by atoms with Gasteiger partial charge in [0.05, 0.1) is 0 Å². The molecule has 0 spiro atoms. The Morgan fingerprint density at radius 2 is 0.840 bits per heavy atom. The van der Waals surface area contributed by atoms with Crippen LogP contribution in [0.2, 0.25) is 7.96 Å². The van der Waals surface area contributed by atoms with Crippen molar-refractivity contribution in [3.8, 4) is 0 Å². The number of unbranched alkanes of at least 4 members (excludes halogenated alkanes) is 10. The van der Waals surface area contributed by atoms with Crippen LogP contribution >= 0.6 is 0 Å². The summed E-state index contributed by atoms with van der Waals surface area (Å²) in [7, 11) is 0. The maximum absolute atomic E-state index is 8.89. The van der Waals surface area contributed by atoms with Crippen molar-refractivity contribution in [2.45, 2.75) is 113 Å². The van der Waals surface area contributed by atoms with Gasteiger partial charge in [-0.15, -0.1) is 0 Å². The van der Waals surface area contributed by atoms with Crippen LogP contribution in [0.25, 0.3) is 0 Å². The van der Waals surface area contributed by atoms with E-state index in [1.807, 2.05) is 0 Å². The van der Waals surface area contributed by atoms with E-state index in [4.69, 9.17) is 19.8 Å². The first-order chi connectivity index (χ1) is 11.9. The molecule has 0 bridgehead atoms. The second-order valence-electron chi connectivity index (χ2n) is 6.27. The Morgan fingerprint density at radius 3 is 1.12 bits per heavy atom. The second-order valence-corrected chi connectivity index (χ2v) is 12.1. The zero-order valence-corrected chi connectivity index (χ0v) is 20.9. The third kappa shape index (κ3) is 59.4. The molecule has 0 radical (unpaired) electrons. The van der Waals surface area contributed by atoms with Gasteiger partial charge in [-0.05, 0) is 13.8 Å². The molecule has 0 unspecified atom stereocenters. The van der Waals surface area contributed by atoms with Crippen LogP contribution in [0.15, 0.2) is 0 Å². The molecule has 0 aliphatic rings. The summed E-state index contributed by atoms with van der Waals surface area (Å²) in [6, 6.07) is 0. The third-order valence-electron chi connectivity index (χ3n) is 3.41. The van der Waals surface area contributed by atoms with Gasteiger partial charge in [0.1, 0.15) is 0 Å². The zero-order chi connectivity index (χ0) is 19.8. The SMILES string of the molecule is CC(=O)[O-].CC(=O)[O-].CCCCCCC[CH2][Pb+2][CH2]CCCCCCC. The number of aliphatic carboxylic acids is 2. The zero-order valence-electron chi connectivity index (χ0n) is 17.0. The molecule has 0 aromatic heterocycles. The van der Waals surface area contributed by atoms with Gasteiger partial charge < -0.3 is 19.8 Å². The van der Waals surface area contributed by atoms with Crippen molar-refractivity contribution in [2.75, 3.05) is 0 Å². The first-order valence-electron chi connectivity index (χ1n) is 9.94. The average molecular weight is 552 g/mol. The number of carbonyl (C=O) groups excluding carboxylic acids is 2. The van der Waals surface area contributed by atoms with Crippen molar-refractivity contribution in [1.82, 2.24) is 0 Å². The van der Waals surface area contributed by atoms with Gasteiger partial charge in [-0.25, -0.2) is 0 Å². The fourth-order valence-corrected chi connectivity index (χ4v) is 7.05. The van der Waals surface area contributed by atoms with Crippen LogP contribution in [-0.2, 0) is 9.59 Å². The normalized spacial score (nSPS) is 9.12. The number of carboxylic acid groups (broad SMARTS) is 2. The van der Waals surface area contributed by atoms with E-state index in [2.05, 4.69) is 13.8 Å². The van der Waals surface area contributed by atoms with E-state index in [9.17, 15) is 0 Å². The Kier molecular flexibility index (Phi) is 34.0. The van der Waals surface area contributed by atoms with Gasteiger partial charge in [-0.3, -0.25) is 0 Å². The number of carboxylic acids is 2. The molecule has 0 saturated carbocycles. The van der Waals surface area contributed by atoms with E-state index in [0.717, 1.165) is 13.8 Å². The number of rotatable bonds is 14. The summed E-state index contributed by atoms with van der Waals surface area (Å²) in [4.78, 5) is 17.8. The number of hydrogen-bond acceptors (Lipinski definition) is 4. The summed E-state index contributed by atoms with van der Waals surface area (Å²) >= 11 is -0.130. The van der Waals surface area contributed by atoms with E-state index < -0.39 is 11.9 Å². The molecule has 0 aromatic carbocycles. The molecular formula is C20H40O4Pb. The van der Waals surface area contributed by atoms with Gasteiger partial charge in [0.15, 0.2) is 0 Å². The van der Waals surface area contributed by atoms with Crippen molar-refractivity contribution in [2.24, 2.45) is 0 Å². The van der Waals surface area contributed by atoms with Crippen molar-refractivity contribution < 1.29 is 19.8 Å². The van der Waals surface area contributed by atoms with Crippen molar-refractivity contribution in [3.63, 3.8) is 0 Å². The van der Waals surface area contributed by atoms with Gasteiger partial charge in [0, 0.05) is 11.9 Å². The summed E-state index contributed by atoms with van der Waals surface area (Å²) < 4.78 is 3.36. The quantitative estimate of drug-likeness (QED) is 0.243. The Hall–Kier alpha value is -0.138. The molecule has 0 fully saturated rings. The summed E-state index contributed by atoms with van der Waals surface area (Å²) in [5.41, 5.74) is 0. The van der Waals surface area contributed by atoms with Crippen LogP contribution in [0.3, 0.4) is 0 Å². The maximum atomic E-state index is 8.89. The predicted octanol–water partition coefficient (Wildman–Crippen LogP) is 3.76. The third-order valence-corrected chi connectivity index (χ3v) is 8.91. The van der Waals surface area contributed by atoms with Crippen LogP contribution < -0.4 is 10.2 Å². The average Bonchev–Trinajstić information content (AvgIpc) is 2.51. The molecule has 0 aliphatic carbocycles. The molecule has 0 rings (SSSR count). The molecule has 4 nitrogen and oxygen atoms in total. The van der Waals surface area contributed by atoms with Crippen molar-refractivity contribution in [3.05, 3.63) is 0 Å². The molecule has 148 valence electrons. The standard InChI is InChI=1S/2C8H17.2C2H4O2.Pb/c2*1-3-5-7-8-6-4-2;2*1-2(3)4;/h2*1,3-8H2,2H3;2*1H3,(H,3,4);/q;;;;+2/p-2. The van der Waals surface area contributed by atoms with Crippen LogP contribution in [0.1, 0.15) is 105 Å². The Balaban J connectivity index is -0.000000503. The predicted molar refractivity (Wildman–Crippen MR) is 103 cm³/mol. The number of carbonyl (C=O) groups is 2. The van der Waals surface area contributed by atoms with E-state index in [-0.39, 0.29) is 24.2 Å². The van der Waals surface area contributed by atoms with Crippen molar-refractivity contribution in [1.29, 1.82) is 0 Å². The van der Waals surface area contributed by atoms with Crippen LogP contribution in [-0.4, -0.2) is 36.2 Å². The topological polar surface area (TPSA) is 80.3 Å². The Morgan fingerprint density at radius 1 is 0.600 bits per heavy atom. The molecule has 5 heteroatoms. The molecule has 0 atom stereocenters. The van der Waals surface area contributed by atoms with Gasteiger partial charge >= 0.3 is 123 Å². The summed E-state index contributed by atoms with van der Waals surface area (Å²) in [6.07, 6.45) is 17.9. The van der Waals surface area contributed by atoms with Crippen molar-refractivity contribution >= 4 is 36.2 Å². The van der Waals surface area contributed by atoms with Gasteiger partial charge in [-0.1, -0.05) is 0 Å². The molecular weight excluding hydrogens is 511 g/mol. The molecule has 0 saturated heterocycles. The summed E-state index contributed by atoms with van der Waals surface area (Å²) in [5, 5.41) is 17.8. The second kappa shape index (κ2) is 28.7. The van der Waals surface area contributed by atoms with Crippen LogP contribution in [0.4, 0.5) is 0 Å². The van der Waals surface area contributed by atoms with E-state index in [1.165, 1.54) is 64.2 Å². The monoisotopic (exact) mass is 552 g/mol. The summed E-state index contributed by atoms with van der Waals surface area (Å²) in [6.45, 7) is 6.55. The fraction of sp³-hybridized carbons (Fsp3) is 0.900. The molecule has 0 amide bonds. The molecule has 0 N–H and O–H groups in total. The minimum atomic E-state index is -1.08. The Bertz CT molecular complexity index is 236. The van der Waals surface area contributed by atoms with Crippen LogP contribution in [0, 0.1) is 0 Å².